The molecule has 132 valence electrons. The lowest BCUT2D eigenvalue weighted by Crippen LogP contribution is -2.33. The molecule has 1 aliphatic rings. The van der Waals surface area contributed by atoms with Gasteiger partial charge >= 0.3 is 6.18 Å². The lowest BCUT2D eigenvalue weighted by atomic mass is 10.1. The van der Waals surface area contributed by atoms with Crippen molar-refractivity contribution >= 4 is 17.7 Å². The van der Waals surface area contributed by atoms with Gasteiger partial charge < -0.3 is 14.2 Å². The number of benzene rings is 2. The summed E-state index contributed by atoms with van der Waals surface area (Å²) in [5, 5.41) is 0.250. The van der Waals surface area contributed by atoms with Gasteiger partial charge in [-0.1, -0.05) is 17.7 Å². The molecule has 0 saturated carbocycles. The highest BCUT2D eigenvalue weighted by Gasteiger charge is 2.42. The Bertz CT molecular complexity index is 831. The molecule has 0 bridgehead atoms. The highest BCUT2D eigenvalue weighted by Crippen LogP contribution is 2.44. The number of alkyl halides is 3. The Kier molecular flexibility index (Phi) is 4.56. The van der Waals surface area contributed by atoms with Crippen molar-refractivity contribution in [3.63, 3.8) is 0 Å². The lowest BCUT2D eigenvalue weighted by Gasteiger charge is -2.25. The fourth-order valence-electron chi connectivity index (χ4n) is 2.42. The quantitative estimate of drug-likeness (QED) is 0.684. The Labute approximate surface area is 147 Å². The van der Waals surface area contributed by atoms with E-state index >= 15 is 0 Å². The van der Waals surface area contributed by atoms with Gasteiger partial charge in [-0.15, -0.1) is 0 Å². The molecule has 3 nitrogen and oxygen atoms in total. The minimum atomic E-state index is -4.49. The van der Waals surface area contributed by atoms with Crippen molar-refractivity contribution in [3.8, 4) is 23.0 Å². The largest absolute Gasteiger partial charge is 0.493 e. The van der Waals surface area contributed by atoms with Gasteiger partial charge in [-0.2, -0.15) is 13.2 Å². The minimum absolute atomic E-state index is 0.0512. The molecule has 0 fully saturated rings. The minimum Gasteiger partial charge on any atom is -0.493 e. The highest BCUT2D eigenvalue weighted by molar-refractivity contribution is 6.32. The van der Waals surface area contributed by atoms with Crippen LogP contribution in [-0.4, -0.2) is 19.4 Å². The lowest BCUT2D eigenvalue weighted by molar-refractivity contribution is -0.180. The second-order valence-electron chi connectivity index (χ2n) is 5.48. The summed E-state index contributed by atoms with van der Waals surface area (Å²) in [5.74, 6) is 1.14. The summed E-state index contributed by atoms with van der Waals surface area (Å²) >= 11 is 6.19. The molecule has 0 spiro atoms. The molecule has 0 saturated heterocycles. The third-order valence-electron chi connectivity index (χ3n) is 3.65. The van der Waals surface area contributed by atoms with Crippen LogP contribution in [0.4, 0.5) is 13.2 Å². The van der Waals surface area contributed by atoms with Crippen LogP contribution in [0.3, 0.4) is 0 Å². The van der Waals surface area contributed by atoms with E-state index in [1.807, 2.05) is 13.0 Å². The standard InChI is InChI=1S/C18H14ClF3O3/c1-10-3-6-14(15(9-10)23-2)25-17-11-4-8-16(18(20,21)22)24-13(11)7-5-12(17)19/h3-9,16H,1-2H3. The summed E-state index contributed by atoms with van der Waals surface area (Å²) in [7, 11) is 1.50. The van der Waals surface area contributed by atoms with Crippen LogP contribution in [-0.2, 0) is 0 Å². The first-order valence-electron chi connectivity index (χ1n) is 7.36. The van der Waals surface area contributed by atoms with E-state index in [1.165, 1.54) is 25.3 Å². The third-order valence-corrected chi connectivity index (χ3v) is 3.95. The van der Waals surface area contributed by atoms with Gasteiger partial charge in [-0.25, -0.2) is 0 Å². The molecule has 2 aromatic carbocycles. The molecule has 25 heavy (non-hydrogen) atoms. The number of hydrogen-bond donors (Lipinski definition) is 0. The summed E-state index contributed by atoms with van der Waals surface area (Å²) < 4.78 is 54.7. The molecule has 7 heteroatoms. The van der Waals surface area contributed by atoms with Gasteiger partial charge in [0.25, 0.3) is 0 Å². The van der Waals surface area contributed by atoms with E-state index in [0.717, 1.165) is 11.6 Å². The number of methoxy groups -OCH3 is 1. The SMILES string of the molecule is COc1cc(C)ccc1Oc1c(Cl)ccc2c1C=CC(C(F)(F)F)O2. The van der Waals surface area contributed by atoms with Crippen LogP contribution in [0.25, 0.3) is 6.08 Å². The maximum Gasteiger partial charge on any atom is 0.429 e. The van der Waals surface area contributed by atoms with Gasteiger partial charge in [-0.3, -0.25) is 0 Å². The van der Waals surface area contributed by atoms with Crippen LogP contribution in [0.1, 0.15) is 11.1 Å². The molecular formula is C18H14ClF3O3. The number of aryl methyl sites for hydroxylation is 1. The maximum atomic E-state index is 12.8. The number of hydrogen-bond acceptors (Lipinski definition) is 3. The Morgan fingerprint density at radius 1 is 1.12 bits per heavy atom. The highest BCUT2D eigenvalue weighted by atomic mass is 35.5. The molecule has 1 unspecified atom stereocenters. The normalized spacial score (nSPS) is 16.2. The Morgan fingerprint density at radius 3 is 2.56 bits per heavy atom. The van der Waals surface area contributed by atoms with Crippen LogP contribution in [0.5, 0.6) is 23.0 Å². The fourth-order valence-corrected chi connectivity index (χ4v) is 2.63. The molecular weight excluding hydrogens is 357 g/mol. The topological polar surface area (TPSA) is 27.7 Å². The van der Waals surface area contributed by atoms with Gasteiger partial charge in [0.05, 0.1) is 17.7 Å². The first-order chi connectivity index (χ1) is 11.8. The summed E-state index contributed by atoms with van der Waals surface area (Å²) in [6.07, 6.45) is -4.26. The van der Waals surface area contributed by atoms with Gasteiger partial charge in [0.1, 0.15) is 5.75 Å². The maximum absolute atomic E-state index is 12.8. The van der Waals surface area contributed by atoms with Crippen LogP contribution in [0.2, 0.25) is 5.02 Å². The summed E-state index contributed by atoms with van der Waals surface area (Å²) in [6.45, 7) is 1.90. The van der Waals surface area contributed by atoms with Crippen molar-refractivity contribution in [2.24, 2.45) is 0 Å². The van der Waals surface area contributed by atoms with Gasteiger partial charge in [0, 0.05) is 0 Å². The first kappa shape index (κ1) is 17.5. The van der Waals surface area contributed by atoms with E-state index in [1.54, 1.807) is 12.1 Å². The van der Waals surface area contributed by atoms with E-state index in [4.69, 9.17) is 25.8 Å². The zero-order valence-corrected chi connectivity index (χ0v) is 14.1. The van der Waals surface area contributed by atoms with Crippen molar-refractivity contribution in [3.05, 3.63) is 52.6 Å². The van der Waals surface area contributed by atoms with Crippen LogP contribution in [0, 0.1) is 6.92 Å². The molecule has 0 aliphatic carbocycles. The van der Waals surface area contributed by atoms with Gasteiger partial charge in [0.2, 0.25) is 6.10 Å². The number of ether oxygens (including phenoxy) is 3. The average Bonchev–Trinajstić information content (AvgIpc) is 2.57. The molecule has 1 atom stereocenters. The van der Waals surface area contributed by atoms with Crippen molar-refractivity contribution < 1.29 is 27.4 Å². The zero-order chi connectivity index (χ0) is 18.2. The summed E-state index contributed by atoms with van der Waals surface area (Å²) in [6, 6.07) is 8.13. The molecule has 0 radical (unpaired) electrons. The van der Waals surface area contributed by atoms with Crippen molar-refractivity contribution in [2.45, 2.75) is 19.2 Å². The second kappa shape index (κ2) is 6.52. The van der Waals surface area contributed by atoms with Gasteiger partial charge in [-0.05, 0) is 48.9 Å². The smallest absolute Gasteiger partial charge is 0.429 e. The second-order valence-corrected chi connectivity index (χ2v) is 5.89. The molecule has 0 amide bonds. The molecule has 1 heterocycles. The monoisotopic (exact) mass is 370 g/mol. The van der Waals surface area contributed by atoms with Crippen LogP contribution < -0.4 is 14.2 Å². The zero-order valence-electron chi connectivity index (χ0n) is 13.4. The third kappa shape index (κ3) is 3.54. The van der Waals surface area contributed by atoms with E-state index < -0.39 is 12.3 Å². The molecule has 0 N–H and O–H groups in total. The number of halogens is 4. The van der Waals surface area contributed by atoms with E-state index in [0.29, 0.717) is 17.1 Å². The molecule has 0 aromatic heterocycles. The molecule has 3 rings (SSSR count). The van der Waals surface area contributed by atoms with E-state index in [2.05, 4.69) is 0 Å². The average molecular weight is 371 g/mol. The van der Waals surface area contributed by atoms with Crippen LogP contribution >= 0.6 is 11.6 Å². The van der Waals surface area contributed by atoms with Crippen molar-refractivity contribution in [1.82, 2.24) is 0 Å². The predicted molar refractivity (Wildman–Crippen MR) is 88.8 cm³/mol. The summed E-state index contributed by atoms with van der Waals surface area (Å²) in [4.78, 5) is 0. The first-order valence-corrected chi connectivity index (χ1v) is 7.74. The van der Waals surface area contributed by atoms with Crippen molar-refractivity contribution in [1.29, 1.82) is 0 Å². The van der Waals surface area contributed by atoms with Crippen LogP contribution in [0.15, 0.2) is 36.4 Å². The molecule has 1 aliphatic heterocycles. The Balaban J connectivity index is 2.00. The Morgan fingerprint density at radius 2 is 1.88 bits per heavy atom. The van der Waals surface area contributed by atoms with E-state index in [-0.39, 0.29) is 16.5 Å². The van der Waals surface area contributed by atoms with Crippen molar-refractivity contribution in [2.75, 3.05) is 7.11 Å². The fraction of sp³-hybridized carbons (Fsp3) is 0.222. The number of fused-ring (bicyclic) bond motifs is 1. The molecule has 2 aromatic rings. The predicted octanol–water partition coefficient (Wildman–Crippen LogP) is 5.79. The van der Waals surface area contributed by atoms with Gasteiger partial charge in [0.15, 0.2) is 17.2 Å². The number of rotatable bonds is 3. The Hall–Kier alpha value is -2.34. The van der Waals surface area contributed by atoms with E-state index in [9.17, 15) is 13.2 Å². The summed E-state index contributed by atoms with van der Waals surface area (Å²) in [5.41, 5.74) is 1.32.